The zero-order valence-corrected chi connectivity index (χ0v) is 15.8. The number of anilines is 2. The zero-order chi connectivity index (χ0) is 19.1. The molecule has 144 valence electrons. The monoisotopic (exact) mass is 376 g/mol. The molecule has 2 fully saturated rings. The molecule has 0 saturated carbocycles. The van der Waals surface area contributed by atoms with Gasteiger partial charge < -0.3 is 15.5 Å². The summed E-state index contributed by atoms with van der Waals surface area (Å²) in [4.78, 5) is 30.3. The van der Waals surface area contributed by atoms with Crippen molar-refractivity contribution in [2.75, 3.05) is 29.4 Å². The van der Waals surface area contributed by atoms with Gasteiger partial charge in [-0.05, 0) is 37.0 Å². The van der Waals surface area contributed by atoms with Crippen molar-refractivity contribution >= 4 is 23.1 Å². The van der Waals surface area contributed by atoms with Gasteiger partial charge >= 0.3 is 0 Å². The average Bonchev–Trinajstić information content (AvgIpc) is 3.34. The van der Waals surface area contributed by atoms with Crippen LogP contribution in [0.3, 0.4) is 0 Å². The molecule has 1 aromatic heterocycles. The number of nitrogens with zero attached hydrogens (tertiary/aromatic N) is 5. The van der Waals surface area contributed by atoms with Gasteiger partial charge in [-0.3, -0.25) is 14.8 Å². The minimum Gasteiger partial charge on any atom is -0.355 e. The third kappa shape index (κ3) is 3.05. The third-order valence-electron chi connectivity index (χ3n) is 5.87. The summed E-state index contributed by atoms with van der Waals surface area (Å²) in [5, 5.41) is 0. The van der Waals surface area contributed by atoms with Crippen LogP contribution in [0.5, 0.6) is 0 Å². The molecule has 3 aliphatic heterocycles. The number of nitrogens with two attached hydrogens (primary N) is 1. The van der Waals surface area contributed by atoms with Gasteiger partial charge in [0.2, 0.25) is 5.91 Å². The van der Waals surface area contributed by atoms with E-state index in [4.69, 9.17) is 15.7 Å². The summed E-state index contributed by atoms with van der Waals surface area (Å²) in [6, 6.07) is 6.47. The lowest BCUT2D eigenvalue weighted by Gasteiger charge is -2.30. The number of carbonyl (C=O) groups excluding carboxylic acids is 1. The lowest BCUT2D eigenvalue weighted by molar-refractivity contribution is -0.117. The normalized spacial score (nSPS) is 19.9. The number of fused-ring (bicyclic) bond motifs is 1. The van der Waals surface area contributed by atoms with Crippen LogP contribution < -0.4 is 15.5 Å². The van der Waals surface area contributed by atoms with E-state index in [0.717, 1.165) is 67.4 Å². The van der Waals surface area contributed by atoms with Gasteiger partial charge in [0.1, 0.15) is 11.5 Å². The predicted molar refractivity (Wildman–Crippen MR) is 109 cm³/mol. The quantitative estimate of drug-likeness (QED) is 0.884. The van der Waals surface area contributed by atoms with Gasteiger partial charge in [-0.15, -0.1) is 0 Å². The first-order valence-corrected chi connectivity index (χ1v) is 10.00. The van der Waals surface area contributed by atoms with Crippen molar-refractivity contribution in [2.24, 2.45) is 10.7 Å². The molecular formula is C21H24N6O. The Morgan fingerprint density at radius 1 is 1.11 bits per heavy atom. The minimum atomic E-state index is 0.196. The van der Waals surface area contributed by atoms with E-state index in [-0.39, 0.29) is 11.9 Å². The van der Waals surface area contributed by atoms with Crippen LogP contribution in [0, 0.1) is 0 Å². The summed E-state index contributed by atoms with van der Waals surface area (Å²) in [5.41, 5.74) is 10.9. The molecule has 1 aromatic carbocycles. The second kappa shape index (κ2) is 6.98. The highest BCUT2D eigenvalue weighted by atomic mass is 16.2. The second-order valence-corrected chi connectivity index (χ2v) is 7.74. The summed E-state index contributed by atoms with van der Waals surface area (Å²) in [6.45, 7) is 3.24. The molecule has 4 heterocycles. The molecule has 7 nitrogen and oxygen atoms in total. The summed E-state index contributed by atoms with van der Waals surface area (Å²) >= 11 is 0. The number of piperidine rings is 1. The van der Waals surface area contributed by atoms with Crippen molar-refractivity contribution in [1.29, 1.82) is 0 Å². The molecule has 0 unspecified atom stereocenters. The fraction of sp³-hybridized carbons (Fsp3) is 0.429. The molecule has 2 N–H and O–H groups in total. The number of rotatable bonds is 3. The van der Waals surface area contributed by atoms with Crippen molar-refractivity contribution in [3.8, 4) is 0 Å². The first-order chi connectivity index (χ1) is 13.7. The van der Waals surface area contributed by atoms with E-state index in [2.05, 4.69) is 22.0 Å². The van der Waals surface area contributed by atoms with Crippen LogP contribution in [0.4, 0.5) is 11.5 Å². The fourth-order valence-corrected chi connectivity index (χ4v) is 4.23. The average molecular weight is 376 g/mol. The van der Waals surface area contributed by atoms with Crippen molar-refractivity contribution in [3.63, 3.8) is 0 Å². The van der Waals surface area contributed by atoms with Gasteiger partial charge in [0, 0.05) is 43.3 Å². The standard InChI is InChI=1S/C21H24N6O/c22-15-5-8-26(9-6-15)19-13-23-12-18(25-19)21-17-10-16(4-3-14(17)11-24-21)27-7-1-2-20(27)28/h3-4,10,12-13,15H,1-2,5-9,11,22H2. The van der Waals surface area contributed by atoms with E-state index in [1.165, 1.54) is 5.56 Å². The van der Waals surface area contributed by atoms with Crippen molar-refractivity contribution in [3.05, 3.63) is 47.4 Å². The Morgan fingerprint density at radius 3 is 2.75 bits per heavy atom. The van der Waals surface area contributed by atoms with Gasteiger partial charge in [0.25, 0.3) is 0 Å². The molecule has 2 aromatic rings. The summed E-state index contributed by atoms with van der Waals surface area (Å²) < 4.78 is 0. The van der Waals surface area contributed by atoms with Crippen LogP contribution >= 0.6 is 0 Å². The summed E-state index contributed by atoms with van der Waals surface area (Å²) in [5.74, 6) is 1.08. The van der Waals surface area contributed by atoms with E-state index in [9.17, 15) is 4.79 Å². The fourth-order valence-electron chi connectivity index (χ4n) is 4.23. The van der Waals surface area contributed by atoms with Crippen LogP contribution in [0.15, 0.2) is 35.6 Å². The number of carbonyl (C=O) groups is 1. The van der Waals surface area contributed by atoms with Crippen LogP contribution in [0.1, 0.15) is 42.5 Å². The Labute approximate surface area is 164 Å². The highest BCUT2D eigenvalue weighted by Gasteiger charge is 2.26. The maximum Gasteiger partial charge on any atom is 0.227 e. The Kier molecular flexibility index (Phi) is 4.31. The molecule has 0 spiro atoms. The van der Waals surface area contributed by atoms with Gasteiger partial charge in [-0.1, -0.05) is 6.07 Å². The Hall–Kier alpha value is -2.80. The molecule has 0 radical (unpaired) electrons. The summed E-state index contributed by atoms with van der Waals surface area (Å²) in [6.07, 6.45) is 7.09. The maximum absolute atomic E-state index is 12.1. The molecule has 0 aliphatic carbocycles. The molecule has 7 heteroatoms. The maximum atomic E-state index is 12.1. The van der Waals surface area contributed by atoms with Crippen molar-refractivity contribution in [1.82, 2.24) is 9.97 Å². The highest BCUT2D eigenvalue weighted by Crippen LogP contribution is 2.29. The topological polar surface area (TPSA) is 87.7 Å². The predicted octanol–water partition coefficient (Wildman–Crippen LogP) is 1.88. The molecular weight excluding hydrogens is 352 g/mol. The van der Waals surface area contributed by atoms with Crippen LogP contribution in [0.2, 0.25) is 0 Å². The largest absolute Gasteiger partial charge is 0.355 e. The SMILES string of the molecule is NC1CCN(c2cncc(C3=NCc4ccc(N5CCCC5=O)cc43)n2)CC1. The van der Waals surface area contributed by atoms with E-state index >= 15 is 0 Å². The molecule has 5 rings (SSSR count). The molecule has 0 atom stereocenters. The van der Waals surface area contributed by atoms with E-state index < -0.39 is 0 Å². The molecule has 2 saturated heterocycles. The number of benzene rings is 1. The number of amides is 1. The van der Waals surface area contributed by atoms with E-state index in [1.807, 2.05) is 17.2 Å². The van der Waals surface area contributed by atoms with E-state index in [1.54, 1.807) is 6.20 Å². The van der Waals surface area contributed by atoms with Crippen molar-refractivity contribution in [2.45, 2.75) is 38.3 Å². The number of hydrogen-bond acceptors (Lipinski definition) is 6. The summed E-state index contributed by atoms with van der Waals surface area (Å²) in [7, 11) is 0. The minimum absolute atomic E-state index is 0.196. The highest BCUT2D eigenvalue weighted by molar-refractivity contribution is 6.14. The zero-order valence-electron chi connectivity index (χ0n) is 15.8. The number of aliphatic imine (C=N–C) groups is 1. The van der Waals surface area contributed by atoms with Gasteiger partial charge in [-0.2, -0.15) is 0 Å². The second-order valence-electron chi connectivity index (χ2n) is 7.74. The molecule has 0 bridgehead atoms. The van der Waals surface area contributed by atoms with Crippen LogP contribution in [-0.2, 0) is 11.3 Å². The Bertz CT molecular complexity index is 948. The third-order valence-corrected chi connectivity index (χ3v) is 5.87. The Morgan fingerprint density at radius 2 is 1.96 bits per heavy atom. The van der Waals surface area contributed by atoms with Gasteiger partial charge in [-0.25, -0.2) is 4.98 Å². The molecule has 1 amide bonds. The van der Waals surface area contributed by atoms with Crippen LogP contribution in [0.25, 0.3) is 0 Å². The van der Waals surface area contributed by atoms with Crippen molar-refractivity contribution < 1.29 is 4.79 Å². The Balaban J connectivity index is 1.44. The van der Waals surface area contributed by atoms with Gasteiger partial charge in [0.15, 0.2) is 0 Å². The number of aromatic nitrogens is 2. The molecule has 28 heavy (non-hydrogen) atoms. The lowest BCUT2D eigenvalue weighted by atomic mass is 10.0. The molecule has 3 aliphatic rings. The van der Waals surface area contributed by atoms with E-state index in [0.29, 0.717) is 13.0 Å². The van der Waals surface area contributed by atoms with Gasteiger partial charge in [0.05, 0.1) is 24.7 Å². The lowest BCUT2D eigenvalue weighted by Crippen LogP contribution is -2.40. The first-order valence-electron chi connectivity index (χ1n) is 10.00. The van der Waals surface area contributed by atoms with Crippen LogP contribution in [-0.4, -0.2) is 47.3 Å². The first kappa shape index (κ1) is 17.3. The smallest absolute Gasteiger partial charge is 0.227 e. The number of hydrogen-bond donors (Lipinski definition) is 1.